The van der Waals surface area contributed by atoms with Crippen molar-refractivity contribution in [3.8, 4) is 0 Å². The number of benzene rings is 2. The highest BCUT2D eigenvalue weighted by Gasteiger charge is 2.36. The Labute approximate surface area is 170 Å². The summed E-state index contributed by atoms with van der Waals surface area (Å²) in [6, 6.07) is 11.0. The molecule has 0 bridgehead atoms. The van der Waals surface area contributed by atoms with Crippen LogP contribution in [0.2, 0.25) is 0 Å². The van der Waals surface area contributed by atoms with Crippen LogP contribution in [0.5, 0.6) is 0 Å². The van der Waals surface area contributed by atoms with E-state index in [1.165, 1.54) is 48.5 Å². The van der Waals surface area contributed by atoms with Crippen LogP contribution in [0.1, 0.15) is 36.0 Å². The van der Waals surface area contributed by atoms with Gasteiger partial charge in [0.05, 0.1) is 4.90 Å². The zero-order valence-corrected chi connectivity index (χ0v) is 16.8. The number of anilines is 1. The topological polar surface area (TPSA) is 101 Å². The first kappa shape index (κ1) is 22.3. The molecule has 2 aromatic carbocycles. The highest BCUT2D eigenvalue weighted by atomic mass is 35.5. The van der Waals surface area contributed by atoms with Crippen LogP contribution >= 0.6 is 12.4 Å². The lowest BCUT2D eigenvalue weighted by atomic mass is 10.0. The molecule has 2 aromatic rings. The number of amides is 1. The van der Waals surface area contributed by atoms with E-state index in [2.05, 4.69) is 10.0 Å². The molecule has 0 spiro atoms. The van der Waals surface area contributed by atoms with Gasteiger partial charge in [-0.15, -0.1) is 12.4 Å². The minimum absolute atomic E-state index is 0. The molecule has 0 aromatic heterocycles. The monoisotopic (exact) mass is 427 g/mol. The third kappa shape index (κ3) is 5.08. The number of carbonyl (C=O) groups is 1. The van der Waals surface area contributed by atoms with E-state index in [1.54, 1.807) is 0 Å². The molecule has 152 valence electrons. The summed E-state index contributed by atoms with van der Waals surface area (Å²) in [7, 11) is -3.70. The summed E-state index contributed by atoms with van der Waals surface area (Å²) in [5.41, 5.74) is 5.97. The first-order valence-electron chi connectivity index (χ1n) is 8.75. The maximum Gasteiger partial charge on any atom is 0.255 e. The summed E-state index contributed by atoms with van der Waals surface area (Å²) in [5.74, 6) is -0.831. The maximum atomic E-state index is 12.9. The van der Waals surface area contributed by atoms with Crippen LogP contribution in [-0.4, -0.2) is 26.4 Å². The number of halogens is 2. The summed E-state index contributed by atoms with van der Waals surface area (Å²) in [5, 5.41) is 2.65. The number of hydrogen-bond acceptors (Lipinski definition) is 4. The standard InChI is InChI=1S/C19H22FN3O3S.ClH/c20-15-5-3-14(4-6-15)18(24)22-16-7-9-17(10-8-16)27(25,26)23-19(13-21)11-1-2-12-19;/h3-10,23H,1-2,11-13,21H2,(H,22,24);1H. The molecule has 0 unspecified atom stereocenters. The second-order valence-electron chi connectivity index (χ2n) is 6.78. The number of sulfonamides is 1. The molecule has 0 heterocycles. The maximum absolute atomic E-state index is 12.9. The average molecular weight is 428 g/mol. The molecule has 28 heavy (non-hydrogen) atoms. The molecule has 6 nitrogen and oxygen atoms in total. The fourth-order valence-electron chi connectivity index (χ4n) is 3.27. The van der Waals surface area contributed by atoms with Gasteiger partial charge >= 0.3 is 0 Å². The van der Waals surface area contributed by atoms with Crippen LogP contribution in [0, 0.1) is 5.82 Å². The predicted octanol–water partition coefficient (Wildman–Crippen LogP) is 3.05. The van der Waals surface area contributed by atoms with Crippen LogP contribution in [0.25, 0.3) is 0 Å². The molecule has 9 heteroatoms. The Morgan fingerprint density at radius 1 is 1.04 bits per heavy atom. The van der Waals surface area contributed by atoms with Gasteiger partial charge in [0.15, 0.2) is 0 Å². The molecule has 0 atom stereocenters. The fraction of sp³-hybridized carbons (Fsp3) is 0.316. The Morgan fingerprint density at radius 2 is 1.61 bits per heavy atom. The molecule has 1 fully saturated rings. The van der Waals surface area contributed by atoms with Crippen LogP contribution in [0.3, 0.4) is 0 Å². The van der Waals surface area contributed by atoms with Crippen molar-refractivity contribution in [3.63, 3.8) is 0 Å². The molecule has 0 saturated heterocycles. The quantitative estimate of drug-likeness (QED) is 0.659. The van der Waals surface area contributed by atoms with Crippen molar-refractivity contribution >= 4 is 34.0 Å². The molecule has 1 aliphatic carbocycles. The second kappa shape index (κ2) is 9.00. The number of rotatable bonds is 6. The Hall–Kier alpha value is -2.00. The van der Waals surface area contributed by atoms with Crippen molar-refractivity contribution in [2.45, 2.75) is 36.1 Å². The van der Waals surface area contributed by atoms with Crippen LogP contribution < -0.4 is 15.8 Å². The van der Waals surface area contributed by atoms with Gasteiger partial charge < -0.3 is 11.1 Å². The lowest BCUT2D eigenvalue weighted by molar-refractivity contribution is 0.102. The fourth-order valence-corrected chi connectivity index (χ4v) is 4.74. The molecule has 1 aliphatic rings. The minimum atomic E-state index is -3.70. The number of carbonyl (C=O) groups excluding carboxylic acids is 1. The lowest BCUT2D eigenvalue weighted by Gasteiger charge is -2.28. The summed E-state index contributed by atoms with van der Waals surface area (Å²) in [4.78, 5) is 12.3. The number of nitrogens with two attached hydrogens (primary N) is 1. The van der Waals surface area contributed by atoms with Gasteiger partial charge in [0.2, 0.25) is 10.0 Å². The molecule has 0 radical (unpaired) electrons. The third-order valence-corrected chi connectivity index (χ3v) is 6.43. The van der Waals surface area contributed by atoms with Crippen molar-refractivity contribution in [2.75, 3.05) is 11.9 Å². The molecule has 1 amide bonds. The zero-order chi connectivity index (χ0) is 19.5. The molecule has 1 saturated carbocycles. The van der Waals surface area contributed by atoms with Gasteiger partial charge in [-0.3, -0.25) is 4.79 Å². The van der Waals surface area contributed by atoms with E-state index in [0.29, 0.717) is 11.3 Å². The van der Waals surface area contributed by atoms with Gasteiger partial charge in [0.25, 0.3) is 5.91 Å². The largest absolute Gasteiger partial charge is 0.329 e. The summed E-state index contributed by atoms with van der Waals surface area (Å²) in [6.07, 6.45) is 3.37. The second-order valence-corrected chi connectivity index (χ2v) is 8.46. The van der Waals surface area contributed by atoms with Gasteiger partial charge in [0.1, 0.15) is 5.82 Å². The van der Waals surface area contributed by atoms with Crippen molar-refractivity contribution in [2.24, 2.45) is 5.73 Å². The Kier molecular flexibility index (Phi) is 7.16. The molecule has 4 N–H and O–H groups in total. The summed E-state index contributed by atoms with van der Waals surface area (Å²) >= 11 is 0. The van der Waals surface area contributed by atoms with Gasteiger partial charge in [-0.2, -0.15) is 0 Å². The van der Waals surface area contributed by atoms with Crippen molar-refractivity contribution < 1.29 is 17.6 Å². The lowest BCUT2D eigenvalue weighted by Crippen LogP contribution is -2.51. The highest BCUT2D eigenvalue weighted by Crippen LogP contribution is 2.30. The van der Waals surface area contributed by atoms with Crippen LogP contribution in [0.4, 0.5) is 10.1 Å². The van der Waals surface area contributed by atoms with E-state index in [0.717, 1.165) is 25.7 Å². The minimum Gasteiger partial charge on any atom is -0.329 e. The van der Waals surface area contributed by atoms with Gasteiger partial charge in [-0.25, -0.2) is 17.5 Å². The first-order valence-corrected chi connectivity index (χ1v) is 10.2. The predicted molar refractivity (Wildman–Crippen MR) is 109 cm³/mol. The van der Waals surface area contributed by atoms with E-state index in [-0.39, 0.29) is 23.8 Å². The highest BCUT2D eigenvalue weighted by molar-refractivity contribution is 7.89. The molecular formula is C19H23ClFN3O3S. The van der Waals surface area contributed by atoms with Crippen LogP contribution in [-0.2, 0) is 10.0 Å². The third-order valence-electron chi connectivity index (χ3n) is 4.83. The summed E-state index contributed by atoms with van der Waals surface area (Å²) in [6.45, 7) is 0.262. The summed E-state index contributed by atoms with van der Waals surface area (Å²) < 4.78 is 41.0. The van der Waals surface area contributed by atoms with Crippen molar-refractivity contribution in [3.05, 3.63) is 59.9 Å². The average Bonchev–Trinajstić information content (AvgIpc) is 3.11. The molecule has 0 aliphatic heterocycles. The number of nitrogens with one attached hydrogen (secondary N) is 2. The molecule has 3 rings (SSSR count). The first-order chi connectivity index (χ1) is 12.8. The van der Waals surface area contributed by atoms with E-state index < -0.39 is 27.3 Å². The zero-order valence-electron chi connectivity index (χ0n) is 15.2. The van der Waals surface area contributed by atoms with Crippen molar-refractivity contribution in [1.29, 1.82) is 0 Å². The van der Waals surface area contributed by atoms with Gasteiger partial charge in [0, 0.05) is 23.3 Å². The van der Waals surface area contributed by atoms with E-state index in [9.17, 15) is 17.6 Å². The SMILES string of the molecule is Cl.NCC1(NS(=O)(=O)c2ccc(NC(=O)c3ccc(F)cc3)cc2)CCCC1. The van der Waals surface area contributed by atoms with Crippen molar-refractivity contribution in [1.82, 2.24) is 4.72 Å². The van der Waals surface area contributed by atoms with E-state index in [1.807, 2.05) is 0 Å². The molecular weight excluding hydrogens is 405 g/mol. The Bertz CT molecular complexity index is 912. The van der Waals surface area contributed by atoms with Crippen LogP contribution in [0.15, 0.2) is 53.4 Å². The van der Waals surface area contributed by atoms with Gasteiger partial charge in [-0.1, -0.05) is 12.8 Å². The number of hydrogen-bond donors (Lipinski definition) is 3. The smallest absolute Gasteiger partial charge is 0.255 e. The normalized spacial score (nSPS) is 15.6. The van der Waals surface area contributed by atoms with Gasteiger partial charge in [-0.05, 0) is 61.4 Å². The Morgan fingerprint density at radius 3 is 2.14 bits per heavy atom. The van der Waals surface area contributed by atoms with E-state index >= 15 is 0 Å². The Balaban J connectivity index is 0.00000280. The van der Waals surface area contributed by atoms with E-state index in [4.69, 9.17) is 5.73 Å².